The van der Waals surface area contributed by atoms with Crippen LogP contribution in [0.15, 0.2) is 48.5 Å². The minimum absolute atomic E-state index is 0.0244. The van der Waals surface area contributed by atoms with Gasteiger partial charge in [0, 0.05) is 31.5 Å². The molecule has 1 aliphatic rings. The molecule has 2 atom stereocenters. The average Bonchev–Trinajstić information content (AvgIpc) is 3.37. The molecule has 17 heteroatoms. The second kappa shape index (κ2) is 15.5. The Kier molecular flexibility index (Phi) is 12.1. The Hall–Kier alpha value is -3.92. The van der Waals surface area contributed by atoms with Gasteiger partial charge in [-0.15, -0.1) is 0 Å². The van der Waals surface area contributed by atoms with Gasteiger partial charge in [-0.2, -0.15) is 27.1 Å². The van der Waals surface area contributed by atoms with Gasteiger partial charge in [0.15, 0.2) is 15.5 Å². The van der Waals surface area contributed by atoms with Crippen molar-refractivity contribution in [3.8, 4) is 17.0 Å². The highest BCUT2D eigenvalue weighted by Gasteiger charge is 2.47. The summed E-state index contributed by atoms with van der Waals surface area (Å²) in [5, 5.41) is 5.88. The summed E-state index contributed by atoms with van der Waals surface area (Å²) < 4.78 is 104. The van der Waals surface area contributed by atoms with Crippen molar-refractivity contribution in [2.24, 2.45) is 5.41 Å². The number of piperidine rings is 1. The lowest BCUT2D eigenvalue weighted by atomic mass is 9.84. The Balaban J connectivity index is 1.57. The fourth-order valence-electron chi connectivity index (χ4n) is 5.62. The van der Waals surface area contributed by atoms with Crippen LogP contribution in [0.5, 0.6) is 5.75 Å². The Morgan fingerprint density at radius 2 is 1.76 bits per heavy atom. The first-order valence-electron chi connectivity index (χ1n) is 15.7. The molecular weight excluding hydrogens is 711 g/mol. The molecule has 10 nitrogen and oxygen atoms in total. The lowest BCUT2D eigenvalue weighted by Crippen LogP contribution is -2.54. The van der Waals surface area contributed by atoms with Crippen LogP contribution in [0.4, 0.5) is 26.7 Å². The average molecular weight is 749 g/mol. The fraction of sp³-hybridized carbons (Fsp3) is 0.485. The first-order valence-corrected chi connectivity index (χ1v) is 18.0. The van der Waals surface area contributed by atoms with Crippen molar-refractivity contribution in [1.82, 2.24) is 20.0 Å². The van der Waals surface area contributed by atoms with E-state index in [0.29, 0.717) is 0 Å². The van der Waals surface area contributed by atoms with Crippen molar-refractivity contribution in [3.05, 3.63) is 70.4 Å². The lowest BCUT2D eigenvalue weighted by Gasteiger charge is -2.38. The van der Waals surface area contributed by atoms with E-state index in [9.17, 15) is 40.0 Å². The van der Waals surface area contributed by atoms with Crippen molar-refractivity contribution in [3.63, 3.8) is 0 Å². The zero-order valence-corrected chi connectivity index (χ0v) is 29.3. The minimum atomic E-state index is -4.56. The largest absolute Gasteiger partial charge is 0.445 e. The van der Waals surface area contributed by atoms with E-state index < -0.39 is 63.5 Å². The van der Waals surface area contributed by atoms with Crippen LogP contribution in [0.3, 0.4) is 0 Å². The number of nitrogens with zero attached hydrogens (tertiary/aromatic N) is 3. The molecule has 0 bridgehead atoms. The van der Waals surface area contributed by atoms with E-state index >= 15 is 0 Å². The second-order valence-corrected chi connectivity index (χ2v) is 15.4. The van der Waals surface area contributed by atoms with Crippen molar-refractivity contribution < 1.29 is 49.4 Å². The van der Waals surface area contributed by atoms with E-state index in [1.165, 1.54) is 21.7 Å². The SMILES string of the molecule is CCn1nc(C(=O)NC[C@@H]2CC[C@@H](S(C)(=O)=O)CN2C(=O)OCc2ccccc2)c(Cl)c1-c1ccc(CC(C)(C)C(F)(F)F)cc1OC(F)F. The zero-order valence-electron chi connectivity index (χ0n) is 27.8. The van der Waals surface area contributed by atoms with Crippen molar-refractivity contribution in [1.29, 1.82) is 0 Å². The number of hydrogen-bond acceptors (Lipinski definition) is 7. The predicted octanol–water partition coefficient (Wildman–Crippen LogP) is 6.90. The quantitative estimate of drug-likeness (QED) is 0.200. The number of amides is 2. The second-order valence-electron chi connectivity index (χ2n) is 12.7. The number of carbonyl (C=O) groups excluding carboxylic acids is 2. The number of sulfone groups is 1. The molecule has 274 valence electrons. The van der Waals surface area contributed by atoms with Crippen LogP contribution in [0, 0.1) is 5.41 Å². The Morgan fingerprint density at radius 1 is 1.08 bits per heavy atom. The van der Waals surface area contributed by atoms with E-state index in [-0.39, 0.29) is 66.6 Å². The molecule has 1 fully saturated rings. The molecule has 3 aromatic rings. The van der Waals surface area contributed by atoms with Crippen molar-refractivity contribution in [2.75, 3.05) is 19.3 Å². The van der Waals surface area contributed by atoms with Gasteiger partial charge in [0.05, 0.1) is 27.4 Å². The number of nitrogens with one attached hydrogen (secondary N) is 1. The standard InChI is InChI=1S/C33H38ClF5N4O6S/c1-5-43-28(24-14-11-21(15-25(24)49-30(35)36)16-32(2,3)33(37,38)39)26(34)27(41-43)29(44)40-17-22-12-13-23(50(4,46)47)18-42(22)31(45)48-19-20-9-7-6-8-10-20/h6-11,14-15,22-23,30H,5,12-13,16-19H2,1-4H3,(H,40,44)/t22-,23+/m0/s1. The molecule has 1 saturated heterocycles. The maximum atomic E-state index is 13.5. The molecule has 0 spiro atoms. The third kappa shape index (κ3) is 9.24. The van der Waals surface area contributed by atoms with Crippen LogP contribution in [0.2, 0.25) is 5.02 Å². The first kappa shape index (κ1) is 38.9. The number of alkyl halides is 5. The van der Waals surface area contributed by atoms with E-state index in [1.807, 2.05) is 0 Å². The Bertz CT molecular complexity index is 1790. The van der Waals surface area contributed by atoms with E-state index in [2.05, 4.69) is 10.4 Å². The van der Waals surface area contributed by atoms with Crippen LogP contribution in [-0.2, 0) is 34.1 Å². The van der Waals surface area contributed by atoms with Gasteiger partial charge in [-0.3, -0.25) is 9.48 Å². The molecule has 0 aliphatic carbocycles. The summed E-state index contributed by atoms with van der Waals surface area (Å²) in [6, 6.07) is 11.9. The highest BCUT2D eigenvalue weighted by atomic mass is 35.5. The van der Waals surface area contributed by atoms with Crippen LogP contribution in [-0.4, -0.2) is 78.5 Å². The normalized spacial score (nSPS) is 17.1. The summed E-state index contributed by atoms with van der Waals surface area (Å²) in [5.41, 5.74) is -1.64. The van der Waals surface area contributed by atoms with E-state index in [4.69, 9.17) is 21.1 Å². The number of halogens is 6. The topological polar surface area (TPSA) is 120 Å². The van der Waals surface area contributed by atoms with Gasteiger partial charge < -0.3 is 19.7 Å². The number of ether oxygens (including phenoxy) is 2. The molecule has 4 rings (SSSR count). The third-order valence-electron chi connectivity index (χ3n) is 8.55. The first-order chi connectivity index (χ1) is 23.3. The monoisotopic (exact) mass is 748 g/mol. The van der Waals surface area contributed by atoms with Crippen LogP contribution < -0.4 is 10.1 Å². The maximum absolute atomic E-state index is 13.5. The molecule has 50 heavy (non-hydrogen) atoms. The van der Waals surface area contributed by atoms with Crippen molar-refractivity contribution >= 4 is 33.4 Å². The summed E-state index contributed by atoms with van der Waals surface area (Å²) in [4.78, 5) is 27.9. The highest BCUT2D eigenvalue weighted by molar-refractivity contribution is 7.91. The molecule has 2 aromatic carbocycles. The van der Waals surface area contributed by atoms with Crippen LogP contribution >= 0.6 is 11.6 Å². The Morgan fingerprint density at radius 3 is 2.36 bits per heavy atom. The molecule has 1 N–H and O–H groups in total. The molecular formula is C33H38ClF5N4O6S. The number of aromatic nitrogens is 2. The van der Waals surface area contributed by atoms with Crippen molar-refractivity contribution in [2.45, 2.75) is 77.3 Å². The minimum Gasteiger partial charge on any atom is -0.445 e. The summed E-state index contributed by atoms with van der Waals surface area (Å²) in [6.45, 7) is 0.120. The fourth-order valence-corrected chi connectivity index (χ4v) is 6.94. The number of aryl methyl sites for hydroxylation is 1. The Labute approximate surface area is 291 Å². The summed E-state index contributed by atoms with van der Waals surface area (Å²) >= 11 is 6.63. The number of hydrogen-bond donors (Lipinski definition) is 1. The smallest absolute Gasteiger partial charge is 0.410 e. The summed E-state index contributed by atoms with van der Waals surface area (Å²) in [5.74, 6) is -1.22. The molecule has 0 saturated carbocycles. The van der Waals surface area contributed by atoms with Crippen LogP contribution in [0.1, 0.15) is 55.2 Å². The zero-order chi connectivity index (χ0) is 37.0. The number of rotatable bonds is 12. The molecule has 2 amide bonds. The number of carbonyl (C=O) groups is 2. The number of benzene rings is 2. The van der Waals surface area contributed by atoms with Gasteiger partial charge >= 0.3 is 18.9 Å². The van der Waals surface area contributed by atoms with Gasteiger partial charge in [-0.05, 0) is 49.4 Å². The third-order valence-corrected chi connectivity index (χ3v) is 10.5. The molecule has 1 aliphatic heterocycles. The van der Waals surface area contributed by atoms with E-state index in [1.54, 1.807) is 37.3 Å². The van der Waals surface area contributed by atoms with Gasteiger partial charge in [0.2, 0.25) is 0 Å². The molecule has 0 radical (unpaired) electrons. The van der Waals surface area contributed by atoms with Gasteiger partial charge in [-0.1, -0.05) is 61.8 Å². The summed E-state index contributed by atoms with van der Waals surface area (Å²) in [7, 11) is -3.50. The van der Waals surface area contributed by atoms with Gasteiger partial charge in [0.1, 0.15) is 12.4 Å². The van der Waals surface area contributed by atoms with E-state index in [0.717, 1.165) is 31.7 Å². The lowest BCUT2D eigenvalue weighted by molar-refractivity contribution is -0.211. The maximum Gasteiger partial charge on any atom is 0.410 e. The predicted molar refractivity (Wildman–Crippen MR) is 176 cm³/mol. The van der Waals surface area contributed by atoms with Crippen LogP contribution in [0.25, 0.3) is 11.3 Å². The van der Waals surface area contributed by atoms with Gasteiger partial charge in [0.25, 0.3) is 5.91 Å². The molecule has 2 heterocycles. The molecule has 0 unspecified atom stereocenters. The number of likely N-dealkylation sites (tertiary alicyclic amines) is 1. The summed E-state index contributed by atoms with van der Waals surface area (Å²) in [6.07, 6.45) is -4.29. The van der Waals surface area contributed by atoms with Gasteiger partial charge in [-0.25, -0.2) is 13.2 Å². The highest BCUT2D eigenvalue weighted by Crippen LogP contribution is 2.43. The molecule has 1 aromatic heterocycles.